The second kappa shape index (κ2) is 12.8. The predicted octanol–water partition coefficient (Wildman–Crippen LogP) is 8.59. The van der Waals surface area contributed by atoms with Crippen LogP contribution in [0, 0.1) is 0 Å². The Labute approximate surface area is 297 Å². The summed E-state index contributed by atoms with van der Waals surface area (Å²) in [6.07, 6.45) is -10.1. The van der Waals surface area contributed by atoms with E-state index in [1.165, 1.54) is 0 Å². The van der Waals surface area contributed by atoms with Gasteiger partial charge in [0.25, 0.3) is 0 Å². The average molecular weight is 733 g/mol. The molecule has 1 aliphatic carbocycles. The fourth-order valence-electron chi connectivity index (χ4n) is 6.72. The number of benzene rings is 6. The molecule has 8 nitrogen and oxygen atoms in total. The number of fused-ring (bicyclic) bond motifs is 3. The quantitative estimate of drug-likeness (QED) is 0.0504. The van der Waals surface area contributed by atoms with Crippen molar-refractivity contribution in [1.29, 1.82) is 0 Å². The van der Waals surface area contributed by atoms with Crippen LogP contribution < -0.4 is 22.9 Å². The smallest absolute Gasteiger partial charge is 0.417 e. The van der Waals surface area contributed by atoms with E-state index >= 15 is 0 Å². The summed E-state index contributed by atoms with van der Waals surface area (Å²) in [5.74, 6) is -1.56. The Morgan fingerprint density at radius 1 is 0.396 bits per heavy atom. The van der Waals surface area contributed by atoms with E-state index in [-0.39, 0.29) is 11.5 Å². The van der Waals surface area contributed by atoms with E-state index in [0.717, 1.165) is 33.4 Å². The lowest BCUT2D eigenvalue weighted by atomic mass is 9.67. The maximum Gasteiger partial charge on any atom is 0.417 e. The first-order valence-corrected chi connectivity index (χ1v) is 15.6. The van der Waals surface area contributed by atoms with E-state index in [4.69, 9.17) is 22.9 Å². The molecule has 12 N–H and O–H groups in total. The number of hydrogen-bond donors (Lipinski definition) is 8. The van der Waals surface area contributed by atoms with Crippen molar-refractivity contribution in [1.82, 2.24) is 0 Å². The Kier molecular flexibility index (Phi) is 8.73. The molecule has 6 aromatic rings. The van der Waals surface area contributed by atoms with E-state index < -0.39 is 62.9 Å². The summed E-state index contributed by atoms with van der Waals surface area (Å²) in [6.45, 7) is 0. The molecule has 272 valence electrons. The van der Waals surface area contributed by atoms with Crippen LogP contribution in [0.3, 0.4) is 0 Å². The molecular weight excluding hydrogens is 702 g/mol. The Hall–Kier alpha value is -6.70. The molecule has 53 heavy (non-hydrogen) atoms. The predicted molar refractivity (Wildman–Crippen MR) is 190 cm³/mol. The minimum Gasteiger partial charge on any atom is -0.506 e. The Morgan fingerprint density at radius 2 is 0.736 bits per heavy atom. The number of nitrogens with two attached hydrogens (primary N) is 4. The molecule has 0 bridgehead atoms. The van der Waals surface area contributed by atoms with Gasteiger partial charge in [0.1, 0.15) is 23.0 Å². The van der Waals surface area contributed by atoms with Gasteiger partial charge in [0, 0.05) is 0 Å². The van der Waals surface area contributed by atoms with Gasteiger partial charge in [-0.15, -0.1) is 0 Å². The maximum atomic E-state index is 13.1. The lowest BCUT2D eigenvalue weighted by molar-refractivity contribution is -0.139. The Balaban J connectivity index is 0.000000185. The molecule has 0 fully saturated rings. The van der Waals surface area contributed by atoms with E-state index in [1.54, 1.807) is 12.1 Å². The van der Waals surface area contributed by atoms with Crippen LogP contribution in [-0.4, -0.2) is 20.4 Å². The highest BCUT2D eigenvalue weighted by Crippen LogP contribution is 2.57. The topological polar surface area (TPSA) is 185 Å². The first-order chi connectivity index (χ1) is 24.8. The van der Waals surface area contributed by atoms with Crippen molar-refractivity contribution >= 4 is 22.7 Å². The number of alkyl halides is 6. The first-order valence-electron chi connectivity index (χ1n) is 15.6. The molecule has 0 saturated carbocycles. The fourth-order valence-corrected chi connectivity index (χ4v) is 6.72. The van der Waals surface area contributed by atoms with Gasteiger partial charge in [-0.25, -0.2) is 0 Å². The van der Waals surface area contributed by atoms with Crippen molar-refractivity contribution in [2.24, 2.45) is 0 Å². The third-order valence-corrected chi connectivity index (χ3v) is 9.11. The highest BCUT2D eigenvalue weighted by atomic mass is 19.4. The third kappa shape index (κ3) is 6.17. The fraction of sp³-hybridized carbons (Fsp3) is 0.0769. The van der Waals surface area contributed by atoms with Crippen LogP contribution in [0.15, 0.2) is 109 Å². The number of hydrogen-bond acceptors (Lipinski definition) is 8. The van der Waals surface area contributed by atoms with Gasteiger partial charge in [-0.3, -0.25) is 0 Å². The van der Waals surface area contributed by atoms with Crippen LogP contribution in [0.2, 0.25) is 0 Å². The van der Waals surface area contributed by atoms with E-state index in [1.807, 2.05) is 48.5 Å². The third-order valence-electron chi connectivity index (χ3n) is 9.11. The van der Waals surface area contributed by atoms with E-state index in [0.29, 0.717) is 35.6 Å². The number of nitrogen functional groups attached to an aromatic ring is 4. The van der Waals surface area contributed by atoms with Gasteiger partial charge in [-0.2, -0.15) is 26.3 Å². The van der Waals surface area contributed by atoms with Gasteiger partial charge in [0.15, 0.2) is 0 Å². The van der Waals surface area contributed by atoms with Gasteiger partial charge in [-0.05, 0) is 93.0 Å². The summed E-state index contributed by atoms with van der Waals surface area (Å²) in [6, 6.07) is 28.8. The zero-order chi connectivity index (χ0) is 38.6. The maximum absolute atomic E-state index is 13.1. The van der Waals surface area contributed by atoms with Crippen molar-refractivity contribution in [3.05, 3.63) is 143 Å². The molecule has 14 heteroatoms. The molecule has 0 unspecified atom stereocenters. The molecule has 0 amide bonds. The van der Waals surface area contributed by atoms with Gasteiger partial charge >= 0.3 is 12.4 Å². The van der Waals surface area contributed by atoms with E-state index in [9.17, 15) is 46.8 Å². The van der Waals surface area contributed by atoms with Crippen LogP contribution in [0.1, 0.15) is 33.4 Å². The zero-order valence-electron chi connectivity index (χ0n) is 27.3. The first kappa shape index (κ1) is 36.1. The van der Waals surface area contributed by atoms with Gasteiger partial charge < -0.3 is 43.4 Å². The van der Waals surface area contributed by atoms with Gasteiger partial charge in [0.2, 0.25) is 0 Å². The van der Waals surface area contributed by atoms with Gasteiger partial charge in [0.05, 0.1) is 39.3 Å². The zero-order valence-corrected chi connectivity index (χ0v) is 27.3. The molecular formula is C39H30F6N4O4. The highest BCUT2D eigenvalue weighted by molar-refractivity contribution is 5.87. The Morgan fingerprint density at radius 3 is 1.08 bits per heavy atom. The number of halogens is 6. The lowest BCUT2D eigenvalue weighted by Gasteiger charge is -2.34. The summed E-state index contributed by atoms with van der Waals surface area (Å²) in [5.41, 5.74) is 22.6. The Bertz CT molecular complexity index is 2230. The van der Waals surface area contributed by atoms with Crippen LogP contribution in [0.4, 0.5) is 49.1 Å². The number of aromatic hydroxyl groups is 4. The second-order valence-corrected chi connectivity index (χ2v) is 12.3. The van der Waals surface area contributed by atoms with Crippen molar-refractivity contribution < 1.29 is 46.8 Å². The monoisotopic (exact) mass is 732 g/mol. The van der Waals surface area contributed by atoms with E-state index in [2.05, 4.69) is 24.3 Å². The SMILES string of the molecule is Nc1cc(C(F)(F)F)c(-c2cc(O)c(N)cc2C(F)(F)F)cc1O.Nc1cc(C2(c3ccc(O)c(N)c3)c3ccccc3-c3ccccc32)ccc1O. The van der Waals surface area contributed by atoms with Gasteiger partial charge in [-0.1, -0.05) is 60.7 Å². The van der Waals surface area contributed by atoms with Crippen molar-refractivity contribution in [2.45, 2.75) is 17.8 Å². The molecule has 0 heterocycles. The summed E-state index contributed by atoms with van der Waals surface area (Å²) in [7, 11) is 0. The minimum atomic E-state index is -5.04. The van der Waals surface area contributed by atoms with Crippen molar-refractivity contribution in [2.75, 3.05) is 22.9 Å². The molecule has 0 aromatic heterocycles. The van der Waals surface area contributed by atoms with Crippen LogP contribution in [0.5, 0.6) is 23.0 Å². The summed E-state index contributed by atoms with van der Waals surface area (Å²) in [4.78, 5) is 0. The second-order valence-electron chi connectivity index (χ2n) is 12.3. The normalized spacial score (nSPS) is 13.1. The van der Waals surface area contributed by atoms with Crippen molar-refractivity contribution in [3.8, 4) is 45.3 Å². The summed E-state index contributed by atoms with van der Waals surface area (Å²) in [5, 5.41) is 39.1. The molecule has 0 atom stereocenters. The molecule has 0 saturated heterocycles. The molecule has 0 radical (unpaired) electrons. The molecule has 0 spiro atoms. The molecule has 6 aromatic carbocycles. The lowest BCUT2D eigenvalue weighted by Crippen LogP contribution is -2.28. The summed E-state index contributed by atoms with van der Waals surface area (Å²) < 4.78 is 78.9. The van der Waals surface area contributed by atoms with Crippen LogP contribution in [-0.2, 0) is 17.8 Å². The summed E-state index contributed by atoms with van der Waals surface area (Å²) >= 11 is 0. The highest BCUT2D eigenvalue weighted by Gasteiger charge is 2.46. The van der Waals surface area contributed by atoms with Crippen LogP contribution >= 0.6 is 0 Å². The standard InChI is InChI=1S/C25H20N2O2.C14H10F6N2O2/c26-21-13-15(9-11-23(21)28)25(16-10-12-24(29)22(27)14-16)19-7-3-1-5-17(19)18-6-2-4-8-20(18)25;15-13(16,17)7-3-9(21)11(23)1-5(7)6-2-12(24)10(22)4-8(6)14(18,19)20/h1-14,28-29H,26-27H2;1-4,23-24H,21-22H2. The number of phenols is 4. The molecule has 0 aliphatic heterocycles. The molecule has 1 aliphatic rings. The number of rotatable bonds is 3. The largest absolute Gasteiger partial charge is 0.506 e. The average Bonchev–Trinajstić information content (AvgIpc) is 3.40. The number of anilines is 4. The van der Waals surface area contributed by atoms with Crippen LogP contribution in [0.25, 0.3) is 22.3 Å². The van der Waals surface area contributed by atoms with Crippen molar-refractivity contribution in [3.63, 3.8) is 0 Å². The molecule has 7 rings (SSSR count). The number of phenolic OH excluding ortho intramolecular Hbond substituents is 4. The minimum absolute atomic E-state index is 0.0497.